The maximum atomic E-state index is 11.6. The Balaban J connectivity index is 1.60. The number of nitrogen functional groups attached to an aromatic ring is 1. The fourth-order valence-corrected chi connectivity index (χ4v) is 5.02. The highest BCUT2D eigenvalue weighted by molar-refractivity contribution is 7.91. The summed E-state index contributed by atoms with van der Waals surface area (Å²) in [5.74, 6) is 1.59. The number of hydrogen-bond acceptors (Lipinski definition) is 5. The molecule has 1 unspecified atom stereocenters. The van der Waals surface area contributed by atoms with Crippen molar-refractivity contribution >= 4 is 15.7 Å². The molecule has 3 rings (SSSR count). The summed E-state index contributed by atoms with van der Waals surface area (Å²) in [5.41, 5.74) is 6.97. The van der Waals surface area contributed by atoms with Crippen molar-refractivity contribution < 1.29 is 13.2 Å². The molecule has 7 heteroatoms. The first-order valence-electron chi connectivity index (χ1n) is 7.62. The second kappa shape index (κ2) is 5.61. The summed E-state index contributed by atoms with van der Waals surface area (Å²) in [4.78, 5) is 0. The Labute approximate surface area is 125 Å². The predicted molar refractivity (Wildman–Crippen MR) is 80.8 cm³/mol. The first-order chi connectivity index (χ1) is 9.97. The number of sulfone groups is 1. The lowest BCUT2D eigenvalue weighted by Crippen LogP contribution is -2.32. The standard InChI is InChI=1S/C14H23N3O3S/c1-2-20-13-6-10(7-13)5-11-8-14(15)17(16-11)12-3-4-21(18,19)9-12/h8,10,12-13H,2-7,9,15H2,1H3. The molecular formula is C14H23N3O3S. The van der Waals surface area contributed by atoms with Crippen LogP contribution in [0, 0.1) is 5.92 Å². The summed E-state index contributed by atoms with van der Waals surface area (Å²) >= 11 is 0. The van der Waals surface area contributed by atoms with Gasteiger partial charge in [-0.2, -0.15) is 5.10 Å². The van der Waals surface area contributed by atoms with E-state index in [-0.39, 0.29) is 17.5 Å². The van der Waals surface area contributed by atoms with Crippen LogP contribution in [-0.4, -0.2) is 42.4 Å². The van der Waals surface area contributed by atoms with Gasteiger partial charge >= 0.3 is 0 Å². The van der Waals surface area contributed by atoms with Crippen LogP contribution in [0.1, 0.15) is 37.9 Å². The fraction of sp³-hybridized carbons (Fsp3) is 0.786. The molecule has 1 saturated carbocycles. The first kappa shape index (κ1) is 14.8. The predicted octanol–water partition coefficient (Wildman–Crippen LogP) is 1.18. The summed E-state index contributed by atoms with van der Waals surface area (Å²) in [6, 6.07) is 1.79. The number of rotatable bonds is 5. The van der Waals surface area contributed by atoms with Crippen LogP contribution < -0.4 is 5.73 Å². The number of anilines is 1. The third kappa shape index (κ3) is 3.23. The zero-order valence-corrected chi connectivity index (χ0v) is 13.2. The number of aromatic nitrogens is 2. The van der Waals surface area contributed by atoms with Crippen molar-refractivity contribution in [3.8, 4) is 0 Å². The van der Waals surface area contributed by atoms with E-state index in [9.17, 15) is 8.42 Å². The van der Waals surface area contributed by atoms with Gasteiger partial charge in [-0.3, -0.25) is 0 Å². The van der Waals surface area contributed by atoms with Crippen molar-refractivity contribution in [1.29, 1.82) is 0 Å². The zero-order chi connectivity index (χ0) is 15.0. The highest BCUT2D eigenvalue weighted by Gasteiger charge is 2.33. The molecule has 1 aliphatic carbocycles. The molecular weight excluding hydrogens is 290 g/mol. The third-order valence-electron chi connectivity index (χ3n) is 4.46. The summed E-state index contributed by atoms with van der Waals surface area (Å²) in [6.45, 7) is 2.79. The lowest BCUT2D eigenvalue weighted by Gasteiger charge is -2.34. The number of nitrogens with two attached hydrogens (primary N) is 1. The molecule has 1 atom stereocenters. The fourth-order valence-electron chi connectivity index (χ4n) is 3.33. The monoisotopic (exact) mass is 313 g/mol. The molecule has 6 nitrogen and oxygen atoms in total. The first-order valence-corrected chi connectivity index (χ1v) is 9.45. The Kier molecular flexibility index (Phi) is 3.96. The van der Waals surface area contributed by atoms with Gasteiger partial charge in [0.1, 0.15) is 5.82 Å². The molecule has 0 bridgehead atoms. The van der Waals surface area contributed by atoms with Crippen molar-refractivity contribution in [2.24, 2.45) is 5.92 Å². The van der Waals surface area contributed by atoms with Gasteiger partial charge in [0, 0.05) is 12.7 Å². The molecule has 1 aliphatic heterocycles. The SMILES string of the molecule is CCOC1CC(Cc2cc(N)n(C3CCS(=O)(=O)C3)n2)C1. The molecule has 2 N–H and O–H groups in total. The van der Waals surface area contributed by atoms with E-state index in [0.717, 1.165) is 31.6 Å². The van der Waals surface area contributed by atoms with E-state index in [1.165, 1.54) is 0 Å². The van der Waals surface area contributed by atoms with E-state index >= 15 is 0 Å². The molecule has 118 valence electrons. The molecule has 1 aromatic heterocycles. The maximum Gasteiger partial charge on any atom is 0.152 e. The normalized spacial score (nSPS) is 31.2. The molecule has 2 fully saturated rings. The van der Waals surface area contributed by atoms with Crippen LogP contribution in [0.25, 0.3) is 0 Å². The molecule has 2 aliphatic rings. The summed E-state index contributed by atoms with van der Waals surface area (Å²) < 4.78 is 30.4. The Hall–Kier alpha value is -1.08. The van der Waals surface area contributed by atoms with Gasteiger partial charge in [0.15, 0.2) is 9.84 Å². The van der Waals surface area contributed by atoms with Gasteiger partial charge in [-0.05, 0) is 38.5 Å². The van der Waals surface area contributed by atoms with Gasteiger partial charge < -0.3 is 10.5 Å². The van der Waals surface area contributed by atoms with Crippen LogP contribution >= 0.6 is 0 Å². The lowest BCUT2D eigenvalue weighted by molar-refractivity contribution is -0.0243. The second-order valence-corrected chi connectivity index (χ2v) is 8.41. The maximum absolute atomic E-state index is 11.6. The van der Waals surface area contributed by atoms with Gasteiger partial charge in [0.05, 0.1) is 29.3 Å². The molecule has 2 heterocycles. The minimum absolute atomic E-state index is 0.0960. The zero-order valence-electron chi connectivity index (χ0n) is 12.4. The van der Waals surface area contributed by atoms with Gasteiger partial charge in [-0.1, -0.05) is 0 Å². The van der Waals surface area contributed by atoms with Crippen LogP contribution in [-0.2, 0) is 21.0 Å². The van der Waals surface area contributed by atoms with Crippen LogP contribution in [0.15, 0.2) is 6.07 Å². The molecule has 0 aromatic carbocycles. The van der Waals surface area contributed by atoms with Crippen molar-refractivity contribution in [3.63, 3.8) is 0 Å². The third-order valence-corrected chi connectivity index (χ3v) is 6.21. The molecule has 0 amide bonds. The second-order valence-electron chi connectivity index (χ2n) is 6.18. The largest absolute Gasteiger partial charge is 0.384 e. The van der Waals surface area contributed by atoms with Crippen LogP contribution in [0.3, 0.4) is 0 Å². The van der Waals surface area contributed by atoms with Crippen molar-refractivity contribution in [1.82, 2.24) is 9.78 Å². The van der Waals surface area contributed by atoms with E-state index in [1.807, 2.05) is 13.0 Å². The Morgan fingerprint density at radius 3 is 2.86 bits per heavy atom. The Bertz CT molecular complexity index is 605. The van der Waals surface area contributed by atoms with E-state index in [2.05, 4.69) is 5.10 Å². The van der Waals surface area contributed by atoms with Crippen LogP contribution in [0.4, 0.5) is 5.82 Å². The van der Waals surface area contributed by atoms with Gasteiger partial charge in [0.2, 0.25) is 0 Å². The molecule has 1 aromatic rings. The average Bonchev–Trinajstić information content (AvgIpc) is 2.89. The minimum Gasteiger partial charge on any atom is -0.384 e. The highest BCUT2D eigenvalue weighted by Crippen LogP contribution is 2.33. The summed E-state index contributed by atoms with van der Waals surface area (Å²) in [5, 5.41) is 4.54. The van der Waals surface area contributed by atoms with E-state index in [4.69, 9.17) is 10.5 Å². The summed E-state index contributed by atoms with van der Waals surface area (Å²) in [6.07, 6.45) is 4.08. The number of nitrogens with zero attached hydrogens (tertiary/aromatic N) is 2. The van der Waals surface area contributed by atoms with Gasteiger partial charge in [-0.25, -0.2) is 13.1 Å². The molecule has 21 heavy (non-hydrogen) atoms. The van der Waals surface area contributed by atoms with Crippen molar-refractivity contribution in [2.75, 3.05) is 23.8 Å². The van der Waals surface area contributed by atoms with Gasteiger partial charge in [0.25, 0.3) is 0 Å². The van der Waals surface area contributed by atoms with E-state index in [1.54, 1.807) is 4.68 Å². The molecule has 1 saturated heterocycles. The quantitative estimate of drug-likeness (QED) is 0.882. The minimum atomic E-state index is -2.91. The highest BCUT2D eigenvalue weighted by atomic mass is 32.2. The Morgan fingerprint density at radius 2 is 2.24 bits per heavy atom. The number of hydrogen-bond donors (Lipinski definition) is 1. The van der Waals surface area contributed by atoms with Crippen LogP contribution in [0.2, 0.25) is 0 Å². The topological polar surface area (TPSA) is 87.2 Å². The van der Waals surface area contributed by atoms with Crippen molar-refractivity contribution in [3.05, 3.63) is 11.8 Å². The van der Waals surface area contributed by atoms with E-state index < -0.39 is 9.84 Å². The van der Waals surface area contributed by atoms with Crippen LogP contribution in [0.5, 0.6) is 0 Å². The van der Waals surface area contributed by atoms with Crippen molar-refractivity contribution in [2.45, 2.75) is 44.8 Å². The Morgan fingerprint density at radius 1 is 1.48 bits per heavy atom. The molecule has 0 spiro atoms. The lowest BCUT2D eigenvalue weighted by atomic mass is 9.79. The number of ether oxygens (including phenoxy) is 1. The molecule has 0 radical (unpaired) electrons. The summed E-state index contributed by atoms with van der Waals surface area (Å²) in [7, 11) is -2.91. The van der Waals surface area contributed by atoms with E-state index in [0.29, 0.717) is 24.3 Å². The van der Waals surface area contributed by atoms with Gasteiger partial charge in [-0.15, -0.1) is 0 Å². The average molecular weight is 313 g/mol. The smallest absolute Gasteiger partial charge is 0.152 e.